The summed E-state index contributed by atoms with van der Waals surface area (Å²) in [5, 5.41) is 2.70. The molecular weight excluding hydrogens is 348 g/mol. The number of nitrogens with one attached hydrogen (secondary N) is 1. The van der Waals surface area contributed by atoms with Crippen LogP contribution in [0.4, 0.5) is 11.4 Å². The van der Waals surface area contributed by atoms with E-state index in [4.69, 9.17) is 9.47 Å². The third kappa shape index (κ3) is 4.63. The molecule has 140 valence electrons. The molecule has 1 heterocycles. The Labute approximate surface area is 156 Å². The van der Waals surface area contributed by atoms with E-state index in [1.54, 1.807) is 36.4 Å². The number of hydrogen-bond acceptors (Lipinski definition) is 5. The number of hydrogen-bond donors (Lipinski definition) is 1. The van der Waals surface area contributed by atoms with Crippen LogP contribution < -0.4 is 15.0 Å². The lowest BCUT2D eigenvalue weighted by atomic mass is 10.2. The van der Waals surface area contributed by atoms with E-state index in [9.17, 15) is 14.4 Å². The SMILES string of the molecule is CCc1ccc(OCC(=O)OCC(=O)N2CC(=O)Nc3ccccc32)cc1. The molecule has 7 nitrogen and oxygen atoms in total. The fraction of sp³-hybridized carbons (Fsp3) is 0.250. The van der Waals surface area contributed by atoms with Gasteiger partial charge in [-0.2, -0.15) is 0 Å². The Morgan fingerprint density at radius 1 is 1.07 bits per heavy atom. The number of anilines is 2. The van der Waals surface area contributed by atoms with Crippen molar-refractivity contribution in [2.24, 2.45) is 0 Å². The molecule has 27 heavy (non-hydrogen) atoms. The Morgan fingerprint density at radius 2 is 1.81 bits per heavy atom. The zero-order valence-electron chi connectivity index (χ0n) is 14.9. The zero-order chi connectivity index (χ0) is 19.2. The summed E-state index contributed by atoms with van der Waals surface area (Å²) in [6.45, 7) is 1.18. The van der Waals surface area contributed by atoms with Crippen molar-refractivity contribution >= 4 is 29.2 Å². The summed E-state index contributed by atoms with van der Waals surface area (Å²) in [7, 11) is 0. The van der Waals surface area contributed by atoms with E-state index in [1.165, 1.54) is 10.5 Å². The molecule has 2 amide bonds. The summed E-state index contributed by atoms with van der Waals surface area (Å²) in [4.78, 5) is 37.3. The van der Waals surface area contributed by atoms with Crippen LogP contribution in [0, 0.1) is 0 Å². The molecule has 3 rings (SSSR count). The van der Waals surface area contributed by atoms with Crippen molar-refractivity contribution in [2.45, 2.75) is 13.3 Å². The Morgan fingerprint density at radius 3 is 2.56 bits per heavy atom. The minimum absolute atomic E-state index is 0.117. The number of esters is 1. The second kappa shape index (κ2) is 8.35. The summed E-state index contributed by atoms with van der Waals surface area (Å²) in [5.41, 5.74) is 2.29. The minimum atomic E-state index is -0.655. The van der Waals surface area contributed by atoms with Gasteiger partial charge in [-0.15, -0.1) is 0 Å². The monoisotopic (exact) mass is 368 g/mol. The van der Waals surface area contributed by atoms with Crippen molar-refractivity contribution in [3.8, 4) is 5.75 Å². The molecule has 1 aliphatic rings. The summed E-state index contributed by atoms with van der Waals surface area (Å²) < 4.78 is 10.3. The number of carbonyl (C=O) groups is 3. The van der Waals surface area contributed by atoms with Gasteiger partial charge in [0.05, 0.1) is 11.4 Å². The highest BCUT2D eigenvalue weighted by atomic mass is 16.6. The van der Waals surface area contributed by atoms with Gasteiger partial charge in [0.25, 0.3) is 5.91 Å². The normalized spacial score (nSPS) is 12.8. The highest BCUT2D eigenvalue weighted by Gasteiger charge is 2.27. The van der Waals surface area contributed by atoms with Gasteiger partial charge in [0.2, 0.25) is 5.91 Å². The number of fused-ring (bicyclic) bond motifs is 1. The second-order valence-electron chi connectivity index (χ2n) is 5.99. The quantitative estimate of drug-likeness (QED) is 0.790. The third-order valence-electron chi connectivity index (χ3n) is 4.12. The lowest BCUT2D eigenvalue weighted by molar-refractivity contribution is -0.149. The second-order valence-corrected chi connectivity index (χ2v) is 5.99. The maximum atomic E-state index is 12.4. The molecule has 1 aliphatic heterocycles. The van der Waals surface area contributed by atoms with Crippen molar-refractivity contribution in [1.29, 1.82) is 0 Å². The van der Waals surface area contributed by atoms with Crippen molar-refractivity contribution in [3.63, 3.8) is 0 Å². The molecule has 1 N–H and O–H groups in total. The molecule has 0 radical (unpaired) electrons. The van der Waals surface area contributed by atoms with Crippen molar-refractivity contribution in [2.75, 3.05) is 30.0 Å². The van der Waals surface area contributed by atoms with E-state index in [2.05, 4.69) is 12.2 Å². The number of para-hydroxylation sites is 2. The largest absolute Gasteiger partial charge is 0.482 e. The summed E-state index contributed by atoms with van der Waals surface area (Å²) >= 11 is 0. The molecular formula is C20H20N2O5. The first-order chi connectivity index (χ1) is 13.1. The minimum Gasteiger partial charge on any atom is -0.482 e. The van der Waals surface area contributed by atoms with Crippen LogP contribution in [0.3, 0.4) is 0 Å². The Hall–Kier alpha value is -3.35. The van der Waals surface area contributed by atoms with Crippen molar-refractivity contribution < 1.29 is 23.9 Å². The standard InChI is InChI=1S/C20H20N2O5/c1-2-14-7-9-15(10-8-14)26-13-20(25)27-12-19(24)22-11-18(23)21-16-5-3-4-6-17(16)22/h3-10H,2,11-13H2,1H3,(H,21,23). The van der Waals surface area contributed by atoms with Gasteiger partial charge >= 0.3 is 5.97 Å². The van der Waals surface area contributed by atoms with Crippen LogP contribution in [0.15, 0.2) is 48.5 Å². The molecule has 0 bridgehead atoms. The van der Waals surface area contributed by atoms with Crippen LogP contribution in [-0.2, 0) is 25.5 Å². The molecule has 0 unspecified atom stereocenters. The highest BCUT2D eigenvalue weighted by molar-refractivity contribution is 6.10. The maximum Gasteiger partial charge on any atom is 0.344 e. The fourth-order valence-corrected chi connectivity index (χ4v) is 2.68. The van der Waals surface area contributed by atoms with Crippen LogP contribution in [-0.4, -0.2) is 37.5 Å². The molecule has 7 heteroatoms. The summed E-state index contributed by atoms with van der Waals surface area (Å²) in [6, 6.07) is 14.3. The van der Waals surface area contributed by atoms with Crippen molar-refractivity contribution in [3.05, 3.63) is 54.1 Å². The first kappa shape index (κ1) is 18.4. The van der Waals surface area contributed by atoms with Gasteiger partial charge in [-0.3, -0.25) is 14.5 Å². The van der Waals surface area contributed by atoms with E-state index < -0.39 is 18.5 Å². The van der Waals surface area contributed by atoms with E-state index in [0.29, 0.717) is 17.1 Å². The predicted octanol–water partition coefficient (Wildman–Crippen LogP) is 2.16. The first-order valence-corrected chi connectivity index (χ1v) is 8.63. The summed E-state index contributed by atoms with van der Waals surface area (Å²) in [5.74, 6) is -0.875. The fourth-order valence-electron chi connectivity index (χ4n) is 2.68. The number of aryl methyl sites for hydroxylation is 1. The van der Waals surface area contributed by atoms with E-state index in [0.717, 1.165) is 6.42 Å². The van der Waals surface area contributed by atoms with Gasteiger partial charge in [-0.05, 0) is 36.2 Å². The van der Waals surface area contributed by atoms with Crippen LogP contribution >= 0.6 is 0 Å². The van der Waals surface area contributed by atoms with Gasteiger partial charge < -0.3 is 14.8 Å². The lowest BCUT2D eigenvalue weighted by Gasteiger charge is -2.28. The average molecular weight is 368 g/mol. The molecule has 0 saturated heterocycles. The lowest BCUT2D eigenvalue weighted by Crippen LogP contribution is -2.44. The Balaban J connectivity index is 1.51. The molecule has 0 spiro atoms. The topological polar surface area (TPSA) is 84.9 Å². The molecule has 0 aliphatic carbocycles. The van der Waals surface area contributed by atoms with Crippen LogP contribution in [0.2, 0.25) is 0 Å². The number of amides is 2. The Bertz CT molecular complexity index is 848. The van der Waals surface area contributed by atoms with Crippen LogP contribution in [0.1, 0.15) is 12.5 Å². The van der Waals surface area contributed by atoms with Gasteiger partial charge in [0, 0.05) is 0 Å². The molecule has 2 aromatic carbocycles. The third-order valence-corrected chi connectivity index (χ3v) is 4.12. The highest BCUT2D eigenvalue weighted by Crippen LogP contribution is 2.28. The number of nitrogens with zero attached hydrogens (tertiary/aromatic N) is 1. The molecule has 0 aromatic heterocycles. The van der Waals surface area contributed by atoms with Gasteiger partial charge in [0.15, 0.2) is 13.2 Å². The molecule has 2 aromatic rings. The molecule has 0 saturated carbocycles. The van der Waals surface area contributed by atoms with E-state index >= 15 is 0 Å². The Kier molecular flexibility index (Phi) is 5.71. The zero-order valence-corrected chi connectivity index (χ0v) is 14.9. The maximum absolute atomic E-state index is 12.4. The van der Waals surface area contributed by atoms with Crippen molar-refractivity contribution in [1.82, 2.24) is 0 Å². The van der Waals surface area contributed by atoms with Crippen LogP contribution in [0.5, 0.6) is 5.75 Å². The predicted molar refractivity (Wildman–Crippen MR) is 99.7 cm³/mol. The smallest absolute Gasteiger partial charge is 0.344 e. The first-order valence-electron chi connectivity index (χ1n) is 8.63. The molecule has 0 fully saturated rings. The number of carbonyl (C=O) groups excluding carboxylic acids is 3. The van der Waals surface area contributed by atoms with Crippen LogP contribution in [0.25, 0.3) is 0 Å². The van der Waals surface area contributed by atoms with E-state index in [1.807, 2.05) is 12.1 Å². The average Bonchev–Trinajstić information content (AvgIpc) is 2.70. The van der Waals surface area contributed by atoms with Gasteiger partial charge in [-0.25, -0.2) is 4.79 Å². The number of ether oxygens (including phenoxy) is 2. The van der Waals surface area contributed by atoms with Gasteiger partial charge in [-0.1, -0.05) is 31.2 Å². The van der Waals surface area contributed by atoms with E-state index in [-0.39, 0.29) is 19.1 Å². The number of benzene rings is 2. The van der Waals surface area contributed by atoms with Gasteiger partial charge in [0.1, 0.15) is 12.3 Å². The molecule has 0 atom stereocenters. The summed E-state index contributed by atoms with van der Waals surface area (Å²) in [6.07, 6.45) is 0.919. The number of rotatable bonds is 6.